The number of nitrogens with zero attached hydrogens (tertiary/aromatic N) is 2. The molecule has 2 aromatic carbocycles. The van der Waals surface area contributed by atoms with Crippen LogP contribution in [0.2, 0.25) is 0 Å². The molecule has 3 rings (SSSR count). The van der Waals surface area contributed by atoms with E-state index < -0.39 is 0 Å². The molecule has 0 amide bonds. The number of hydrogen-bond donors (Lipinski definition) is 0. The molecule has 0 unspecified atom stereocenters. The minimum absolute atomic E-state index is 0.234. The normalized spacial score (nSPS) is 20.1. The van der Waals surface area contributed by atoms with Crippen LogP contribution in [0.3, 0.4) is 0 Å². The van der Waals surface area contributed by atoms with Gasteiger partial charge in [-0.25, -0.2) is 0 Å². The van der Waals surface area contributed by atoms with Crippen LogP contribution in [-0.4, -0.2) is 24.5 Å². The average Bonchev–Trinajstić information content (AvgIpc) is 2.72. The van der Waals surface area contributed by atoms with E-state index in [1.165, 1.54) is 12.8 Å². The molecule has 0 radical (unpaired) electrons. The summed E-state index contributed by atoms with van der Waals surface area (Å²) >= 11 is 0. The predicted octanol–water partition coefficient (Wildman–Crippen LogP) is 4.50. The van der Waals surface area contributed by atoms with Crippen molar-refractivity contribution in [2.45, 2.75) is 37.8 Å². The minimum atomic E-state index is 0.234. The van der Waals surface area contributed by atoms with Gasteiger partial charge < -0.3 is 0 Å². The summed E-state index contributed by atoms with van der Waals surface area (Å²) in [5.74, 6) is 5.26. The van der Waals surface area contributed by atoms with Gasteiger partial charge in [-0.1, -0.05) is 48.9 Å². The van der Waals surface area contributed by atoms with Gasteiger partial charge in [-0.2, -0.15) is 0 Å². The molecule has 0 aliphatic heterocycles. The van der Waals surface area contributed by atoms with Gasteiger partial charge in [0.25, 0.3) is 0 Å². The van der Waals surface area contributed by atoms with Crippen LogP contribution < -0.4 is 0 Å². The first-order chi connectivity index (χ1) is 12.8. The zero-order chi connectivity index (χ0) is 18.2. The summed E-state index contributed by atoms with van der Waals surface area (Å²) < 4.78 is 0. The van der Waals surface area contributed by atoms with Gasteiger partial charge in [0.1, 0.15) is 0 Å². The van der Waals surface area contributed by atoms with E-state index in [9.17, 15) is 0 Å². The van der Waals surface area contributed by atoms with E-state index in [4.69, 9.17) is 22.8 Å². The Balaban J connectivity index is 1.68. The smallest absolute Gasteiger partial charge is 0.0723 e. The molecular formula is C24H22N2. The Kier molecular flexibility index (Phi) is 6.02. The molecule has 2 aromatic rings. The Morgan fingerprint density at radius 2 is 1.08 bits per heavy atom. The fourth-order valence-electron chi connectivity index (χ4n) is 3.13. The summed E-state index contributed by atoms with van der Waals surface area (Å²) in [5.41, 5.74) is 3.92. The van der Waals surface area contributed by atoms with Gasteiger partial charge in [0, 0.05) is 23.6 Å². The maximum atomic E-state index is 5.40. The molecule has 2 atom stereocenters. The second kappa shape index (κ2) is 8.84. The van der Waals surface area contributed by atoms with Crippen LogP contribution in [0.4, 0.5) is 0 Å². The molecule has 0 bridgehead atoms. The van der Waals surface area contributed by atoms with E-state index in [1.807, 2.05) is 61.0 Å². The summed E-state index contributed by atoms with van der Waals surface area (Å²) in [6, 6.07) is 16.3. The summed E-state index contributed by atoms with van der Waals surface area (Å²) in [6.07, 6.45) is 19.3. The molecule has 1 saturated carbocycles. The van der Waals surface area contributed by atoms with Crippen molar-refractivity contribution >= 4 is 12.4 Å². The average molecular weight is 338 g/mol. The van der Waals surface area contributed by atoms with Crippen LogP contribution in [0.25, 0.3) is 0 Å². The summed E-state index contributed by atoms with van der Waals surface area (Å²) in [5, 5.41) is 0. The third-order valence-electron chi connectivity index (χ3n) is 4.68. The van der Waals surface area contributed by atoms with Gasteiger partial charge in [-0.3, -0.25) is 9.98 Å². The molecule has 0 heterocycles. The van der Waals surface area contributed by atoms with Crippen LogP contribution in [0.1, 0.15) is 47.9 Å². The summed E-state index contributed by atoms with van der Waals surface area (Å²) in [6.45, 7) is 0. The highest BCUT2D eigenvalue weighted by Crippen LogP contribution is 2.24. The Morgan fingerprint density at radius 3 is 1.42 bits per heavy atom. The van der Waals surface area contributed by atoms with Gasteiger partial charge in [0.05, 0.1) is 12.1 Å². The van der Waals surface area contributed by atoms with Crippen molar-refractivity contribution in [1.82, 2.24) is 0 Å². The molecule has 1 aliphatic rings. The molecule has 0 saturated heterocycles. The standard InChI is InChI=1S/C24H22N2/c1-3-19-9-13-21(14-10-19)17-25-23-7-5-6-8-24(23)26-18-22-15-11-20(4-2)12-16-22/h1-2,9-18,23-24H,5-8H2/t23-,24-/m0/s1. The Bertz CT molecular complexity index is 783. The Hall–Kier alpha value is -3.10. The second-order valence-corrected chi connectivity index (χ2v) is 6.51. The van der Waals surface area contributed by atoms with Crippen LogP contribution in [0.15, 0.2) is 58.5 Å². The lowest BCUT2D eigenvalue weighted by Crippen LogP contribution is -2.27. The number of hydrogen-bond acceptors (Lipinski definition) is 2. The molecule has 26 heavy (non-hydrogen) atoms. The lowest BCUT2D eigenvalue weighted by molar-refractivity contribution is 0.390. The van der Waals surface area contributed by atoms with Crippen molar-refractivity contribution in [3.05, 3.63) is 70.8 Å². The highest BCUT2D eigenvalue weighted by molar-refractivity contribution is 5.81. The maximum absolute atomic E-state index is 5.40. The molecule has 1 fully saturated rings. The Morgan fingerprint density at radius 1 is 0.692 bits per heavy atom. The maximum Gasteiger partial charge on any atom is 0.0723 e. The fraction of sp³-hybridized carbons (Fsp3) is 0.250. The first-order valence-corrected chi connectivity index (χ1v) is 8.98. The van der Waals surface area contributed by atoms with E-state index in [2.05, 4.69) is 11.8 Å². The SMILES string of the molecule is C#Cc1ccc(C=N[C@H]2CCCC[C@@H]2N=Cc2ccc(C#C)cc2)cc1. The zero-order valence-corrected chi connectivity index (χ0v) is 14.8. The third-order valence-corrected chi connectivity index (χ3v) is 4.68. The molecular weight excluding hydrogens is 316 g/mol. The van der Waals surface area contributed by atoms with Crippen molar-refractivity contribution < 1.29 is 0 Å². The highest BCUT2D eigenvalue weighted by Gasteiger charge is 2.23. The van der Waals surface area contributed by atoms with Gasteiger partial charge in [-0.05, 0) is 48.2 Å². The van der Waals surface area contributed by atoms with Crippen molar-refractivity contribution in [2.75, 3.05) is 0 Å². The van der Waals surface area contributed by atoms with Crippen molar-refractivity contribution in [1.29, 1.82) is 0 Å². The third kappa shape index (κ3) is 4.71. The minimum Gasteiger partial charge on any atom is -0.287 e. The molecule has 2 heteroatoms. The van der Waals surface area contributed by atoms with Crippen LogP contribution in [0.5, 0.6) is 0 Å². The van der Waals surface area contributed by atoms with Crippen molar-refractivity contribution in [3.63, 3.8) is 0 Å². The van der Waals surface area contributed by atoms with Crippen molar-refractivity contribution in [2.24, 2.45) is 9.98 Å². The van der Waals surface area contributed by atoms with E-state index in [0.29, 0.717) is 0 Å². The van der Waals surface area contributed by atoms with Gasteiger partial charge in [0.15, 0.2) is 0 Å². The fourth-order valence-corrected chi connectivity index (χ4v) is 3.13. The van der Waals surface area contributed by atoms with Crippen LogP contribution >= 0.6 is 0 Å². The molecule has 1 aliphatic carbocycles. The van der Waals surface area contributed by atoms with Gasteiger partial charge >= 0.3 is 0 Å². The molecule has 0 spiro atoms. The van der Waals surface area contributed by atoms with E-state index >= 15 is 0 Å². The topological polar surface area (TPSA) is 24.7 Å². The van der Waals surface area contributed by atoms with E-state index in [1.54, 1.807) is 0 Å². The summed E-state index contributed by atoms with van der Waals surface area (Å²) in [4.78, 5) is 9.63. The van der Waals surface area contributed by atoms with Gasteiger partial charge in [-0.15, -0.1) is 12.8 Å². The first-order valence-electron chi connectivity index (χ1n) is 8.98. The van der Waals surface area contributed by atoms with Crippen LogP contribution in [-0.2, 0) is 0 Å². The largest absolute Gasteiger partial charge is 0.287 e. The number of rotatable bonds is 4. The van der Waals surface area contributed by atoms with Gasteiger partial charge in [0.2, 0.25) is 0 Å². The predicted molar refractivity (Wildman–Crippen MR) is 110 cm³/mol. The van der Waals surface area contributed by atoms with Crippen molar-refractivity contribution in [3.8, 4) is 24.7 Å². The zero-order valence-electron chi connectivity index (χ0n) is 14.8. The van der Waals surface area contributed by atoms with Crippen LogP contribution in [0, 0.1) is 24.7 Å². The monoisotopic (exact) mass is 338 g/mol. The van der Waals surface area contributed by atoms with E-state index in [0.717, 1.165) is 35.1 Å². The van der Waals surface area contributed by atoms with E-state index in [-0.39, 0.29) is 12.1 Å². The first kappa shape index (κ1) is 17.7. The molecule has 0 aromatic heterocycles. The Labute approximate surface area is 156 Å². The molecule has 0 N–H and O–H groups in total. The number of benzene rings is 2. The number of terminal acetylenes is 2. The number of aliphatic imine (C=N–C) groups is 2. The summed E-state index contributed by atoms with van der Waals surface area (Å²) in [7, 11) is 0. The quantitative estimate of drug-likeness (QED) is 0.579. The lowest BCUT2D eigenvalue weighted by Gasteiger charge is -2.25. The second-order valence-electron chi connectivity index (χ2n) is 6.51. The highest BCUT2D eigenvalue weighted by atomic mass is 14.9. The molecule has 128 valence electrons. The lowest BCUT2D eigenvalue weighted by atomic mass is 9.91. The molecule has 2 nitrogen and oxygen atoms in total.